The zero-order valence-electron chi connectivity index (χ0n) is 14.4. The number of para-hydroxylation sites is 1. The fourth-order valence-corrected chi connectivity index (χ4v) is 5.36. The number of aromatic nitrogens is 1. The van der Waals surface area contributed by atoms with Gasteiger partial charge in [-0.2, -0.15) is 0 Å². The van der Waals surface area contributed by atoms with E-state index in [0.29, 0.717) is 15.6 Å². The molecule has 3 heterocycles. The van der Waals surface area contributed by atoms with Gasteiger partial charge in [0.25, 0.3) is 5.91 Å². The third-order valence-corrected chi connectivity index (χ3v) is 6.64. The maximum Gasteiger partial charge on any atom is 0.341 e. The number of nitrogens with zero attached hydrogens (tertiary/aromatic N) is 1. The molecule has 1 unspecified atom stereocenters. The van der Waals surface area contributed by atoms with E-state index < -0.39 is 5.97 Å². The zero-order chi connectivity index (χ0) is 18.3. The van der Waals surface area contributed by atoms with Crippen molar-refractivity contribution in [2.45, 2.75) is 13.0 Å². The maximum absolute atomic E-state index is 12.7. The van der Waals surface area contributed by atoms with Crippen molar-refractivity contribution >= 4 is 49.8 Å². The molecule has 0 spiro atoms. The van der Waals surface area contributed by atoms with Crippen LogP contribution in [0.2, 0.25) is 0 Å². The van der Waals surface area contributed by atoms with Gasteiger partial charge in [-0.25, -0.2) is 9.78 Å². The molecule has 2 N–H and O–H groups in total. The summed E-state index contributed by atoms with van der Waals surface area (Å²) in [6.07, 6.45) is 0.805. The van der Waals surface area contributed by atoms with Gasteiger partial charge in [0.2, 0.25) is 0 Å². The number of amides is 1. The van der Waals surface area contributed by atoms with Gasteiger partial charge in [0.15, 0.2) is 5.01 Å². The quantitative estimate of drug-likeness (QED) is 0.673. The molecule has 8 heteroatoms. The van der Waals surface area contributed by atoms with E-state index in [9.17, 15) is 9.59 Å². The third-order valence-electron chi connectivity index (χ3n) is 4.46. The molecule has 1 aromatic carbocycles. The first-order valence-electron chi connectivity index (χ1n) is 8.28. The van der Waals surface area contributed by atoms with Gasteiger partial charge in [0.1, 0.15) is 11.5 Å². The van der Waals surface area contributed by atoms with Gasteiger partial charge in [0, 0.05) is 6.42 Å². The molecule has 0 fully saturated rings. The van der Waals surface area contributed by atoms with Crippen LogP contribution in [-0.2, 0) is 17.7 Å². The predicted octanol–water partition coefficient (Wildman–Crippen LogP) is 1.97. The Morgan fingerprint density at radius 3 is 2.85 bits per heavy atom. The Morgan fingerprint density at radius 2 is 2.08 bits per heavy atom. The Kier molecular flexibility index (Phi) is 4.47. The molecule has 0 aliphatic carbocycles. The number of benzene rings is 1. The number of ether oxygens (including phenoxy) is 1. The Bertz CT molecular complexity index is 975. The van der Waals surface area contributed by atoms with Gasteiger partial charge < -0.3 is 15.0 Å². The molecule has 0 saturated carbocycles. The smallest absolute Gasteiger partial charge is 0.341 e. The summed E-state index contributed by atoms with van der Waals surface area (Å²) in [6.45, 7) is 1.81. The molecule has 2 aromatic heterocycles. The third kappa shape index (κ3) is 3.00. The Labute approximate surface area is 158 Å². The molecule has 26 heavy (non-hydrogen) atoms. The number of likely N-dealkylation sites (N-methyl/N-ethyl adjacent to an activating group) is 1. The van der Waals surface area contributed by atoms with Crippen molar-refractivity contribution in [2.75, 3.05) is 26.0 Å². The zero-order valence-corrected chi connectivity index (χ0v) is 16.1. The second-order valence-corrected chi connectivity index (χ2v) is 8.41. The summed E-state index contributed by atoms with van der Waals surface area (Å²) in [4.78, 5) is 31.9. The second-order valence-electron chi connectivity index (χ2n) is 6.27. The van der Waals surface area contributed by atoms with Crippen molar-refractivity contribution in [2.24, 2.45) is 0 Å². The highest BCUT2D eigenvalue weighted by Gasteiger charge is 2.30. The first kappa shape index (κ1) is 17.1. The number of methoxy groups -OCH3 is 1. The van der Waals surface area contributed by atoms with Crippen molar-refractivity contribution in [1.29, 1.82) is 0 Å². The van der Waals surface area contributed by atoms with Gasteiger partial charge in [-0.1, -0.05) is 12.1 Å². The lowest BCUT2D eigenvalue weighted by atomic mass is 10.0. The normalized spacial score (nSPS) is 16.3. The van der Waals surface area contributed by atoms with Crippen molar-refractivity contribution in [3.63, 3.8) is 0 Å². The van der Waals surface area contributed by atoms with Crippen molar-refractivity contribution in [3.05, 3.63) is 45.3 Å². The molecule has 0 saturated heterocycles. The van der Waals surface area contributed by atoms with E-state index in [2.05, 4.69) is 17.3 Å². The van der Waals surface area contributed by atoms with Crippen LogP contribution in [-0.4, -0.2) is 37.6 Å². The second kappa shape index (κ2) is 6.79. The Balaban J connectivity index is 1.68. The van der Waals surface area contributed by atoms with Gasteiger partial charge in [-0.15, -0.1) is 22.7 Å². The van der Waals surface area contributed by atoms with E-state index in [-0.39, 0.29) is 5.91 Å². The van der Waals surface area contributed by atoms with Gasteiger partial charge in [0.05, 0.1) is 41.4 Å². The molecule has 134 valence electrons. The molecule has 1 aliphatic heterocycles. The minimum atomic E-state index is -0.401. The standard InChI is InChI=1S/C18H17N3O3S2/c1-21-8-7-10-13(9-21)26-16(14(10)18(23)24-2)20-15(22)17-19-11-5-3-4-6-12(11)25-17/h3-6H,7-9H2,1-2H3,(H,20,22)/p+1. The molecule has 1 aliphatic rings. The first-order chi connectivity index (χ1) is 12.6. The highest BCUT2D eigenvalue weighted by molar-refractivity contribution is 7.20. The number of hydrogen-bond acceptors (Lipinski definition) is 6. The lowest BCUT2D eigenvalue weighted by Gasteiger charge is -2.19. The number of nitrogens with one attached hydrogen (secondary N) is 2. The molecule has 6 nitrogen and oxygen atoms in total. The monoisotopic (exact) mass is 388 g/mol. The van der Waals surface area contributed by atoms with Crippen LogP contribution in [0.15, 0.2) is 24.3 Å². The van der Waals surface area contributed by atoms with Gasteiger partial charge in [-0.05, 0) is 17.7 Å². The van der Waals surface area contributed by atoms with Crippen LogP contribution in [0, 0.1) is 0 Å². The average molecular weight is 388 g/mol. The number of carbonyl (C=O) groups excluding carboxylic acids is 2. The van der Waals surface area contributed by atoms with Crippen LogP contribution in [0.4, 0.5) is 5.00 Å². The summed E-state index contributed by atoms with van der Waals surface area (Å²) in [5, 5.41) is 3.83. The number of fused-ring (bicyclic) bond motifs is 2. The molecule has 0 bridgehead atoms. The fourth-order valence-electron chi connectivity index (χ4n) is 3.15. The molecule has 0 radical (unpaired) electrons. The topological polar surface area (TPSA) is 72.7 Å². The van der Waals surface area contributed by atoms with Crippen LogP contribution in [0.1, 0.15) is 30.6 Å². The van der Waals surface area contributed by atoms with Crippen molar-refractivity contribution < 1.29 is 19.2 Å². The highest BCUT2D eigenvalue weighted by Crippen LogP contribution is 2.35. The van der Waals surface area contributed by atoms with E-state index in [1.54, 1.807) is 0 Å². The Hall–Kier alpha value is -2.29. The van der Waals surface area contributed by atoms with Crippen LogP contribution in [0.25, 0.3) is 10.2 Å². The van der Waals surface area contributed by atoms with Crippen LogP contribution in [0.3, 0.4) is 0 Å². The summed E-state index contributed by atoms with van der Waals surface area (Å²) >= 11 is 2.80. The number of thiophene rings is 1. The SMILES string of the molecule is COC(=O)c1c(NC(=O)c2nc3ccccc3s2)sc2c1CC[NH+](C)C2. The lowest BCUT2D eigenvalue weighted by Crippen LogP contribution is -3.08. The summed E-state index contributed by atoms with van der Waals surface area (Å²) in [6, 6.07) is 7.63. The number of esters is 1. The predicted molar refractivity (Wildman–Crippen MR) is 102 cm³/mol. The number of thiazole rings is 1. The molecule has 1 atom stereocenters. The first-order valence-corrected chi connectivity index (χ1v) is 9.91. The number of carbonyl (C=O) groups is 2. The van der Waals surface area contributed by atoms with Crippen LogP contribution in [0.5, 0.6) is 0 Å². The molecular weight excluding hydrogens is 370 g/mol. The number of quaternary nitrogens is 1. The number of hydrogen-bond donors (Lipinski definition) is 2. The maximum atomic E-state index is 12.7. The van der Waals surface area contributed by atoms with E-state index in [1.165, 1.54) is 34.7 Å². The van der Waals surface area contributed by atoms with Crippen LogP contribution >= 0.6 is 22.7 Å². The molecule has 3 aromatic rings. The summed E-state index contributed by atoms with van der Waals surface area (Å²) in [5.74, 6) is -0.697. The summed E-state index contributed by atoms with van der Waals surface area (Å²) in [5.41, 5.74) is 2.30. The summed E-state index contributed by atoms with van der Waals surface area (Å²) < 4.78 is 5.92. The van der Waals surface area contributed by atoms with Crippen molar-refractivity contribution in [3.8, 4) is 0 Å². The van der Waals surface area contributed by atoms with E-state index in [4.69, 9.17) is 4.74 Å². The summed E-state index contributed by atoms with van der Waals surface area (Å²) in [7, 11) is 3.49. The van der Waals surface area contributed by atoms with Crippen LogP contribution < -0.4 is 10.2 Å². The van der Waals surface area contributed by atoms with E-state index in [0.717, 1.165) is 40.2 Å². The van der Waals surface area contributed by atoms with Crippen molar-refractivity contribution in [1.82, 2.24) is 4.98 Å². The van der Waals surface area contributed by atoms with Gasteiger partial charge in [-0.3, -0.25) is 4.79 Å². The fraction of sp³-hybridized carbons (Fsp3) is 0.278. The van der Waals surface area contributed by atoms with Gasteiger partial charge >= 0.3 is 5.97 Å². The van der Waals surface area contributed by atoms with E-state index >= 15 is 0 Å². The number of rotatable bonds is 3. The minimum absolute atomic E-state index is 0.296. The molecular formula is C18H18N3O3S2+. The molecule has 4 rings (SSSR count). The number of anilines is 1. The average Bonchev–Trinajstić information content (AvgIpc) is 3.21. The Morgan fingerprint density at radius 1 is 1.27 bits per heavy atom. The largest absolute Gasteiger partial charge is 0.465 e. The van der Waals surface area contributed by atoms with E-state index in [1.807, 2.05) is 24.3 Å². The lowest BCUT2D eigenvalue weighted by molar-refractivity contribution is -0.895. The molecule has 1 amide bonds. The minimum Gasteiger partial charge on any atom is -0.465 e. The highest BCUT2D eigenvalue weighted by atomic mass is 32.1.